The lowest BCUT2D eigenvalue weighted by molar-refractivity contribution is 0.458. The van der Waals surface area contributed by atoms with Gasteiger partial charge in [-0.05, 0) is 49.2 Å². The van der Waals surface area contributed by atoms with Gasteiger partial charge in [-0.25, -0.2) is 18.1 Å². The van der Waals surface area contributed by atoms with Gasteiger partial charge in [0.25, 0.3) is 0 Å². The van der Waals surface area contributed by atoms with Gasteiger partial charge in [0.1, 0.15) is 11.9 Å². The molecule has 0 saturated carbocycles. The van der Waals surface area contributed by atoms with E-state index in [0.29, 0.717) is 36.5 Å². The van der Waals surface area contributed by atoms with Gasteiger partial charge in [0.15, 0.2) is 0 Å². The molecule has 0 amide bonds. The monoisotopic (exact) mass is 376 g/mol. The highest BCUT2D eigenvalue weighted by molar-refractivity contribution is 7.89. The quantitative estimate of drug-likeness (QED) is 0.886. The number of halogens is 1. The summed E-state index contributed by atoms with van der Waals surface area (Å²) in [4.78, 5) is 6.59. The molecule has 0 aliphatic carbocycles. The van der Waals surface area contributed by atoms with Crippen LogP contribution in [0.4, 0.5) is 5.82 Å². The lowest BCUT2D eigenvalue weighted by atomic mass is 10.1. The van der Waals surface area contributed by atoms with Gasteiger partial charge in [-0.2, -0.15) is 5.26 Å². The van der Waals surface area contributed by atoms with Crippen molar-refractivity contribution in [2.45, 2.75) is 23.8 Å². The second-order valence-electron chi connectivity index (χ2n) is 5.85. The minimum atomic E-state index is -3.55. The van der Waals surface area contributed by atoms with E-state index in [2.05, 4.69) is 14.6 Å². The second kappa shape index (κ2) is 7.40. The summed E-state index contributed by atoms with van der Waals surface area (Å²) in [6.45, 7) is 1.40. The number of anilines is 1. The Morgan fingerprint density at radius 2 is 1.84 bits per heavy atom. The number of hydrogen-bond acceptors (Lipinski definition) is 5. The lowest BCUT2D eigenvalue weighted by Gasteiger charge is -2.33. The van der Waals surface area contributed by atoms with Crippen molar-refractivity contribution in [2.75, 3.05) is 18.0 Å². The van der Waals surface area contributed by atoms with E-state index in [1.807, 2.05) is 12.1 Å². The molecular weight excluding hydrogens is 360 g/mol. The maximum Gasteiger partial charge on any atom is 0.240 e. The van der Waals surface area contributed by atoms with Crippen molar-refractivity contribution in [1.82, 2.24) is 9.71 Å². The number of nitrogens with zero attached hydrogens (tertiary/aromatic N) is 3. The molecule has 1 aromatic heterocycles. The molecule has 1 saturated heterocycles. The maximum atomic E-state index is 12.4. The summed E-state index contributed by atoms with van der Waals surface area (Å²) in [7, 11) is -3.55. The summed E-state index contributed by atoms with van der Waals surface area (Å²) in [6, 6.07) is 11.6. The molecule has 1 aromatic carbocycles. The van der Waals surface area contributed by atoms with Crippen LogP contribution in [0.3, 0.4) is 0 Å². The Hall–Kier alpha value is -2.14. The fourth-order valence-corrected chi connectivity index (χ4v) is 4.20. The molecule has 0 bridgehead atoms. The fourth-order valence-electron chi connectivity index (χ4n) is 2.77. The van der Waals surface area contributed by atoms with Crippen molar-refractivity contribution in [3.8, 4) is 6.07 Å². The summed E-state index contributed by atoms with van der Waals surface area (Å²) >= 11 is 5.80. The van der Waals surface area contributed by atoms with Crippen LogP contribution in [0.1, 0.15) is 18.4 Å². The fraction of sp³-hybridized carbons (Fsp3) is 0.294. The van der Waals surface area contributed by atoms with Crippen LogP contribution < -0.4 is 9.62 Å². The first-order valence-corrected chi connectivity index (χ1v) is 9.73. The zero-order valence-corrected chi connectivity index (χ0v) is 15.0. The molecule has 130 valence electrons. The largest absolute Gasteiger partial charge is 0.357 e. The van der Waals surface area contributed by atoms with Crippen LogP contribution >= 0.6 is 11.6 Å². The van der Waals surface area contributed by atoms with E-state index < -0.39 is 10.0 Å². The molecule has 6 nitrogen and oxygen atoms in total. The van der Waals surface area contributed by atoms with Crippen LogP contribution in [0.5, 0.6) is 0 Å². The smallest absolute Gasteiger partial charge is 0.240 e. The van der Waals surface area contributed by atoms with Gasteiger partial charge in [0, 0.05) is 30.4 Å². The molecule has 0 unspecified atom stereocenters. The third-order valence-corrected chi connectivity index (χ3v) is 5.93. The Balaban J connectivity index is 1.60. The van der Waals surface area contributed by atoms with E-state index in [0.717, 1.165) is 5.82 Å². The average Bonchev–Trinajstić information content (AvgIpc) is 2.62. The maximum absolute atomic E-state index is 12.4. The highest BCUT2D eigenvalue weighted by Crippen LogP contribution is 2.20. The van der Waals surface area contributed by atoms with Gasteiger partial charge in [-0.1, -0.05) is 11.6 Å². The first kappa shape index (κ1) is 17.7. The van der Waals surface area contributed by atoms with Gasteiger partial charge in [-0.3, -0.25) is 0 Å². The van der Waals surface area contributed by atoms with E-state index in [1.165, 1.54) is 12.1 Å². The van der Waals surface area contributed by atoms with E-state index in [9.17, 15) is 8.42 Å². The summed E-state index contributed by atoms with van der Waals surface area (Å²) < 4.78 is 27.6. The first-order valence-electron chi connectivity index (χ1n) is 7.87. The van der Waals surface area contributed by atoms with Gasteiger partial charge in [0.05, 0.1) is 10.5 Å². The van der Waals surface area contributed by atoms with Crippen LogP contribution in [0, 0.1) is 11.3 Å². The minimum absolute atomic E-state index is 0.115. The van der Waals surface area contributed by atoms with E-state index >= 15 is 0 Å². The SMILES string of the molecule is N#Cc1ccc(N2CCC(NS(=O)(=O)c3ccc(Cl)cc3)CC2)nc1. The van der Waals surface area contributed by atoms with E-state index in [-0.39, 0.29) is 10.9 Å². The van der Waals surface area contributed by atoms with Crippen molar-refractivity contribution < 1.29 is 8.42 Å². The topological polar surface area (TPSA) is 86.1 Å². The molecule has 2 heterocycles. The van der Waals surface area contributed by atoms with Crippen molar-refractivity contribution in [2.24, 2.45) is 0 Å². The third kappa shape index (κ3) is 4.28. The van der Waals surface area contributed by atoms with Gasteiger partial charge < -0.3 is 4.90 Å². The molecule has 3 rings (SSSR count). The van der Waals surface area contributed by atoms with E-state index in [1.54, 1.807) is 24.4 Å². The average molecular weight is 377 g/mol. The molecular formula is C17H17ClN4O2S. The molecule has 0 radical (unpaired) electrons. The number of piperidine rings is 1. The Labute approximate surface area is 152 Å². The Bertz CT molecular complexity index is 868. The van der Waals surface area contributed by atoms with Crippen molar-refractivity contribution in [1.29, 1.82) is 5.26 Å². The van der Waals surface area contributed by atoms with Gasteiger partial charge >= 0.3 is 0 Å². The Morgan fingerprint density at radius 3 is 2.40 bits per heavy atom. The summed E-state index contributed by atoms with van der Waals surface area (Å²) in [6.07, 6.45) is 2.92. The van der Waals surface area contributed by atoms with Gasteiger partial charge in [-0.15, -0.1) is 0 Å². The molecule has 0 spiro atoms. The second-order valence-corrected chi connectivity index (χ2v) is 8.00. The molecule has 25 heavy (non-hydrogen) atoms. The first-order chi connectivity index (χ1) is 12.0. The Kier molecular flexibility index (Phi) is 5.23. The predicted molar refractivity (Wildman–Crippen MR) is 96.0 cm³/mol. The van der Waals surface area contributed by atoms with E-state index in [4.69, 9.17) is 16.9 Å². The number of rotatable bonds is 4. The summed E-state index contributed by atoms with van der Waals surface area (Å²) in [5, 5.41) is 9.32. The number of nitrogens with one attached hydrogen (secondary N) is 1. The van der Waals surface area contributed by atoms with Crippen LogP contribution in [-0.4, -0.2) is 32.5 Å². The number of pyridine rings is 1. The number of hydrogen-bond donors (Lipinski definition) is 1. The van der Waals surface area contributed by atoms with Crippen LogP contribution in [-0.2, 0) is 10.0 Å². The molecule has 1 N–H and O–H groups in total. The van der Waals surface area contributed by atoms with Crippen molar-refractivity contribution >= 4 is 27.4 Å². The van der Waals surface area contributed by atoms with Crippen LogP contribution in [0.25, 0.3) is 0 Å². The van der Waals surface area contributed by atoms with Crippen molar-refractivity contribution in [3.63, 3.8) is 0 Å². The lowest BCUT2D eigenvalue weighted by Crippen LogP contribution is -2.44. The zero-order valence-electron chi connectivity index (χ0n) is 13.4. The van der Waals surface area contributed by atoms with Gasteiger partial charge in [0.2, 0.25) is 10.0 Å². The number of nitriles is 1. The zero-order chi connectivity index (χ0) is 17.9. The molecule has 8 heteroatoms. The van der Waals surface area contributed by atoms with Crippen molar-refractivity contribution in [3.05, 3.63) is 53.2 Å². The summed E-state index contributed by atoms with van der Waals surface area (Å²) in [5.74, 6) is 0.804. The minimum Gasteiger partial charge on any atom is -0.357 e. The highest BCUT2D eigenvalue weighted by Gasteiger charge is 2.25. The molecule has 2 aromatic rings. The summed E-state index contributed by atoms with van der Waals surface area (Å²) in [5.41, 5.74) is 0.523. The molecule has 0 atom stereocenters. The standard InChI is InChI=1S/C17H17ClN4O2S/c18-14-2-4-16(5-3-14)25(23,24)21-15-7-9-22(10-8-15)17-6-1-13(11-19)12-20-17/h1-6,12,15,21H,7-10H2. The number of benzene rings is 1. The number of sulfonamides is 1. The van der Waals surface area contributed by atoms with Crippen LogP contribution in [0.15, 0.2) is 47.5 Å². The predicted octanol–water partition coefficient (Wildman–Crippen LogP) is 2.55. The molecule has 1 aliphatic heterocycles. The normalized spacial score (nSPS) is 15.8. The third-order valence-electron chi connectivity index (χ3n) is 4.14. The molecule has 1 aliphatic rings. The number of aromatic nitrogens is 1. The molecule has 1 fully saturated rings. The Morgan fingerprint density at radius 1 is 1.16 bits per heavy atom. The highest BCUT2D eigenvalue weighted by atomic mass is 35.5. The van der Waals surface area contributed by atoms with Crippen LogP contribution in [0.2, 0.25) is 5.02 Å².